The van der Waals surface area contributed by atoms with Crippen LogP contribution in [0.25, 0.3) is 0 Å². The van der Waals surface area contributed by atoms with Crippen LogP contribution in [0.1, 0.15) is 6.92 Å². The average molecular weight is 126 g/mol. The largest absolute Gasteiger partial charge is 0.372 e. The van der Waals surface area contributed by atoms with E-state index in [2.05, 4.69) is 10.3 Å². The topological polar surface area (TPSA) is 41.5 Å². The summed E-state index contributed by atoms with van der Waals surface area (Å²) in [5.74, 6) is 0. The Balaban J connectivity index is 0.000000187. The van der Waals surface area contributed by atoms with Crippen LogP contribution in [0.3, 0.4) is 0 Å². The van der Waals surface area contributed by atoms with Crippen LogP contribution in [-0.4, -0.2) is 19.2 Å². The molecule has 0 atom stereocenters. The summed E-state index contributed by atoms with van der Waals surface area (Å²) < 4.78 is 0. The van der Waals surface area contributed by atoms with E-state index in [-0.39, 0.29) is 0 Å². The lowest BCUT2D eigenvalue weighted by Crippen LogP contribution is -2.06. The highest BCUT2D eigenvalue weighted by Crippen LogP contribution is 1.71. The molecule has 0 fully saturated rings. The number of aliphatic imine (C=N–C) groups is 1. The lowest BCUT2D eigenvalue weighted by molar-refractivity contribution is -0.106. The Labute approximate surface area is 54.5 Å². The molecule has 1 aliphatic rings. The summed E-state index contributed by atoms with van der Waals surface area (Å²) >= 11 is 0. The SMILES string of the molecule is C1=CNCN=C1.CC=O. The molecule has 3 nitrogen and oxygen atoms in total. The van der Waals surface area contributed by atoms with Gasteiger partial charge < -0.3 is 10.1 Å². The summed E-state index contributed by atoms with van der Waals surface area (Å²) in [6.07, 6.45) is 6.26. The third-order valence-corrected chi connectivity index (χ3v) is 0.588. The first kappa shape index (κ1) is 7.88. The Bertz CT molecular complexity index is 106. The zero-order valence-corrected chi connectivity index (χ0v) is 5.37. The number of nitrogens with one attached hydrogen (secondary N) is 1. The first-order valence-corrected chi connectivity index (χ1v) is 2.70. The van der Waals surface area contributed by atoms with Crippen molar-refractivity contribution < 1.29 is 4.79 Å². The first-order valence-electron chi connectivity index (χ1n) is 2.70. The second-order valence-corrected chi connectivity index (χ2v) is 1.29. The van der Waals surface area contributed by atoms with Crippen LogP contribution in [0.5, 0.6) is 0 Å². The van der Waals surface area contributed by atoms with Gasteiger partial charge in [-0.25, -0.2) is 0 Å². The van der Waals surface area contributed by atoms with E-state index in [0.29, 0.717) is 0 Å². The fourth-order valence-corrected chi connectivity index (χ4v) is 0.330. The number of carbonyl (C=O) groups is 1. The monoisotopic (exact) mass is 126 g/mol. The highest BCUT2D eigenvalue weighted by Gasteiger charge is 1.73. The van der Waals surface area contributed by atoms with Crippen molar-refractivity contribution in [2.75, 3.05) is 6.67 Å². The van der Waals surface area contributed by atoms with Gasteiger partial charge in [0, 0.05) is 6.21 Å². The maximum absolute atomic E-state index is 8.81. The Hall–Kier alpha value is -1.12. The van der Waals surface area contributed by atoms with Gasteiger partial charge in [-0.1, -0.05) is 0 Å². The molecule has 1 heterocycles. The number of hydrogen-bond donors (Lipinski definition) is 1. The fraction of sp³-hybridized carbons (Fsp3) is 0.333. The van der Waals surface area contributed by atoms with Crippen molar-refractivity contribution in [3.05, 3.63) is 12.3 Å². The van der Waals surface area contributed by atoms with Gasteiger partial charge in [0.15, 0.2) is 0 Å². The van der Waals surface area contributed by atoms with Crippen molar-refractivity contribution in [2.24, 2.45) is 4.99 Å². The number of rotatable bonds is 0. The predicted molar refractivity (Wildman–Crippen MR) is 37.4 cm³/mol. The molecule has 0 amide bonds. The highest BCUT2D eigenvalue weighted by atomic mass is 16.1. The van der Waals surface area contributed by atoms with Gasteiger partial charge in [0.25, 0.3) is 0 Å². The molecular formula is C6H10N2O. The number of allylic oxidation sites excluding steroid dienone is 1. The molecule has 0 saturated carbocycles. The van der Waals surface area contributed by atoms with E-state index in [1.165, 1.54) is 6.92 Å². The highest BCUT2D eigenvalue weighted by molar-refractivity contribution is 5.71. The van der Waals surface area contributed by atoms with Gasteiger partial charge in [0.2, 0.25) is 0 Å². The van der Waals surface area contributed by atoms with Crippen LogP contribution >= 0.6 is 0 Å². The Morgan fingerprint density at radius 2 is 2.44 bits per heavy atom. The second-order valence-electron chi connectivity index (χ2n) is 1.29. The van der Waals surface area contributed by atoms with E-state index >= 15 is 0 Å². The molecule has 9 heavy (non-hydrogen) atoms. The molecule has 0 aliphatic carbocycles. The zero-order chi connectivity index (χ0) is 6.95. The Kier molecular flexibility index (Phi) is 6.02. The number of nitrogens with zero attached hydrogens (tertiary/aromatic N) is 1. The van der Waals surface area contributed by atoms with E-state index < -0.39 is 0 Å². The van der Waals surface area contributed by atoms with Crippen LogP contribution < -0.4 is 5.32 Å². The van der Waals surface area contributed by atoms with E-state index in [4.69, 9.17) is 4.79 Å². The number of hydrogen-bond acceptors (Lipinski definition) is 3. The maximum Gasteiger partial charge on any atom is 0.116 e. The molecule has 0 aromatic heterocycles. The molecular weight excluding hydrogens is 116 g/mol. The minimum Gasteiger partial charge on any atom is -0.372 e. The van der Waals surface area contributed by atoms with Crippen molar-refractivity contribution in [3.63, 3.8) is 0 Å². The third kappa shape index (κ3) is 6.88. The molecule has 0 saturated heterocycles. The van der Waals surface area contributed by atoms with Crippen molar-refractivity contribution in [3.8, 4) is 0 Å². The minimum absolute atomic E-state index is 0.733. The van der Waals surface area contributed by atoms with Crippen LogP contribution in [0.15, 0.2) is 17.3 Å². The van der Waals surface area contributed by atoms with Gasteiger partial charge in [-0.15, -0.1) is 0 Å². The Morgan fingerprint density at radius 3 is 2.56 bits per heavy atom. The fourth-order valence-electron chi connectivity index (χ4n) is 0.330. The molecule has 0 spiro atoms. The molecule has 1 rings (SSSR count). The molecule has 1 aliphatic heterocycles. The molecule has 0 aromatic rings. The molecule has 0 aromatic carbocycles. The van der Waals surface area contributed by atoms with Gasteiger partial charge in [-0.3, -0.25) is 4.99 Å². The minimum atomic E-state index is 0.733. The summed E-state index contributed by atoms with van der Waals surface area (Å²) in [5.41, 5.74) is 0. The normalized spacial score (nSPS) is 13.0. The standard InChI is InChI=1S/C4H6N2.C2H4O/c1-2-5-4-6-3-1;1-2-3/h1-3,5H,4H2;2H,1H3. The number of carbonyl (C=O) groups excluding carboxylic acids is 1. The second kappa shape index (κ2) is 6.88. The summed E-state index contributed by atoms with van der Waals surface area (Å²) in [6, 6.07) is 0. The molecule has 0 unspecified atom stereocenters. The average Bonchev–Trinajstić information content (AvgIpc) is 1.93. The van der Waals surface area contributed by atoms with Crippen LogP contribution in [0.4, 0.5) is 0 Å². The molecule has 3 heteroatoms. The van der Waals surface area contributed by atoms with Crippen molar-refractivity contribution in [2.45, 2.75) is 6.92 Å². The van der Waals surface area contributed by atoms with E-state index in [0.717, 1.165) is 13.0 Å². The van der Waals surface area contributed by atoms with Gasteiger partial charge in [-0.2, -0.15) is 0 Å². The first-order chi connectivity index (χ1) is 4.41. The van der Waals surface area contributed by atoms with E-state index in [1.54, 1.807) is 6.21 Å². The Morgan fingerprint density at radius 1 is 1.78 bits per heavy atom. The van der Waals surface area contributed by atoms with E-state index in [9.17, 15) is 0 Å². The van der Waals surface area contributed by atoms with Crippen molar-refractivity contribution in [1.82, 2.24) is 5.32 Å². The summed E-state index contributed by atoms with van der Waals surface area (Å²) in [7, 11) is 0. The lowest BCUT2D eigenvalue weighted by atomic mass is 10.6. The van der Waals surface area contributed by atoms with Crippen LogP contribution in [-0.2, 0) is 4.79 Å². The molecule has 1 N–H and O–H groups in total. The third-order valence-electron chi connectivity index (χ3n) is 0.588. The van der Waals surface area contributed by atoms with Gasteiger partial charge in [-0.05, 0) is 19.2 Å². The molecule has 0 bridgehead atoms. The predicted octanol–water partition coefficient (Wildman–Crippen LogP) is 0.337. The summed E-state index contributed by atoms with van der Waals surface area (Å²) in [5, 5.41) is 2.91. The summed E-state index contributed by atoms with van der Waals surface area (Å²) in [6.45, 7) is 2.18. The van der Waals surface area contributed by atoms with Crippen molar-refractivity contribution in [1.29, 1.82) is 0 Å². The van der Waals surface area contributed by atoms with Crippen LogP contribution in [0, 0.1) is 0 Å². The lowest BCUT2D eigenvalue weighted by Gasteiger charge is -1.94. The molecule has 50 valence electrons. The smallest absolute Gasteiger partial charge is 0.116 e. The maximum atomic E-state index is 8.81. The quantitative estimate of drug-likeness (QED) is 0.475. The van der Waals surface area contributed by atoms with Gasteiger partial charge in [0.05, 0.1) is 0 Å². The number of aldehydes is 1. The zero-order valence-electron chi connectivity index (χ0n) is 5.37. The van der Waals surface area contributed by atoms with Gasteiger partial charge in [0.1, 0.15) is 13.0 Å². The van der Waals surface area contributed by atoms with E-state index in [1.807, 2.05) is 12.3 Å². The van der Waals surface area contributed by atoms with Crippen molar-refractivity contribution >= 4 is 12.5 Å². The van der Waals surface area contributed by atoms with Gasteiger partial charge >= 0.3 is 0 Å². The van der Waals surface area contributed by atoms with Crippen LogP contribution in [0.2, 0.25) is 0 Å². The summed E-state index contributed by atoms with van der Waals surface area (Å²) in [4.78, 5) is 12.7. The molecule has 0 radical (unpaired) electrons.